The normalized spacial score (nSPS) is 10.9. The summed E-state index contributed by atoms with van der Waals surface area (Å²) in [6, 6.07) is 8.53. The van der Waals surface area contributed by atoms with Gasteiger partial charge in [-0.3, -0.25) is 9.59 Å². The van der Waals surface area contributed by atoms with E-state index >= 15 is 0 Å². The predicted octanol–water partition coefficient (Wildman–Crippen LogP) is 3.13. The molecule has 0 saturated carbocycles. The quantitative estimate of drug-likeness (QED) is 0.509. The predicted molar refractivity (Wildman–Crippen MR) is 100 cm³/mol. The second-order valence-electron chi connectivity index (χ2n) is 5.84. The van der Waals surface area contributed by atoms with Gasteiger partial charge in [0.1, 0.15) is 0 Å². The molecule has 1 aromatic carbocycles. The number of esters is 1. The molecule has 3 rings (SSSR count). The number of rotatable bonds is 5. The third-order valence-corrected chi connectivity index (χ3v) is 5.00. The molecule has 0 aliphatic carbocycles. The zero-order valence-electron chi connectivity index (χ0n) is 14.7. The summed E-state index contributed by atoms with van der Waals surface area (Å²) in [7, 11) is 0. The molecule has 0 N–H and O–H groups in total. The molecular formula is C19H18N2O4S. The van der Waals surface area contributed by atoms with Crippen LogP contribution in [0.1, 0.15) is 37.5 Å². The first-order valence-electron chi connectivity index (χ1n) is 8.19. The highest BCUT2D eigenvalue weighted by Crippen LogP contribution is 2.21. The Morgan fingerprint density at radius 1 is 1.19 bits per heavy atom. The fraction of sp³-hybridized carbons (Fsp3) is 0.263. The van der Waals surface area contributed by atoms with Crippen molar-refractivity contribution >= 4 is 33.9 Å². The number of fused-ring (bicyclic) bond motifs is 1. The molecular weight excluding hydrogens is 352 g/mol. The lowest BCUT2D eigenvalue weighted by molar-refractivity contribution is 0.0468. The lowest BCUT2D eigenvalue weighted by Gasteiger charge is -2.09. The average molecular weight is 370 g/mol. The SMILES string of the molecule is CCn1nc(C(=O)OCC(=O)c2cc(C)sc2C)c2ccccc2c1=O. The lowest BCUT2D eigenvalue weighted by Crippen LogP contribution is -2.26. The van der Waals surface area contributed by atoms with Crippen molar-refractivity contribution in [3.05, 3.63) is 61.7 Å². The summed E-state index contributed by atoms with van der Waals surface area (Å²) in [5.41, 5.74) is 0.338. The Bertz CT molecular complexity index is 1070. The summed E-state index contributed by atoms with van der Waals surface area (Å²) < 4.78 is 6.41. The Labute approximate surface area is 154 Å². The van der Waals surface area contributed by atoms with Gasteiger partial charge in [0.05, 0.1) is 5.39 Å². The van der Waals surface area contributed by atoms with Crippen LogP contribution in [-0.2, 0) is 11.3 Å². The van der Waals surface area contributed by atoms with Gasteiger partial charge in [0.15, 0.2) is 12.3 Å². The first kappa shape index (κ1) is 18.0. The summed E-state index contributed by atoms with van der Waals surface area (Å²) in [5.74, 6) is -0.977. The molecule has 0 saturated heterocycles. The maximum atomic E-state index is 12.5. The molecule has 0 amide bonds. The molecule has 0 bridgehead atoms. The Morgan fingerprint density at radius 3 is 2.50 bits per heavy atom. The highest BCUT2D eigenvalue weighted by Gasteiger charge is 2.20. The molecule has 134 valence electrons. The number of benzene rings is 1. The van der Waals surface area contributed by atoms with Gasteiger partial charge in [-0.25, -0.2) is 9.48 Å². The van der Waals surface area contributed by atoms with Gasteiger partial charge in [-0.1, -0.05) is 18.2 Å². The van der Waals surface area contributed by atoms with Crippen molar-refractivity contribution in [2.45, 2.75) is 27.3 Å². The van der Waals surface area contributed by atoms with Gasteiger partial charge in [-0.15, -0.1) is 11.3 Å². The molecule has 0 unspecified atom stereocenters. The van der Waals surface area contributed by atoms with Gasteiger partial charge in [0, 0.05) is 27.2 Å². The zero-order valence-corrected chi connectivity index (χ0v) is 15.6. The van der Waals surface area contributed by atoms with E-state index in [0.29, 0.717) is 22.9 Å². The van der Waals surface area contributed by atoms with Crippen LogP contribution >= 0.6 is 11.3 Å². The molecule has 0 aliphatic rings. The minimum absolute atomic E-state index is 0.0353. The fourth-order valence-corrected chi connectivity index (χ4v) is 3.73. The van der Waals surface area contributed by atoms with Crippen molar-refractivity contribution in [3.63, 3.8) is 0 Å². The van der Waals surface area contributed by atoms with Crippen molar-refractivity contribution in [1.82, 2.24) is 9.78 Å². The number of ether oxygens (including phenoxy) is 1. The number of nitrogens with zero attached hydrogens (tertiary/aromatic N) is 2. The number of carbonyl (C=O) groups excluding carboxylic acids is 2. The van der Waals surface area contributed by atoms with E-state index in [2.05, 4.69) is 5.10 Å². The highest BCUT2D eigenvalue weighted by molar-refractivity contribution is 7.12. The summed E-state index contributed by atoms with van der Waals surface area (Å²) in [4.78, 5) is 39.1. The molecule has 7 heteroatoms. The topological polar surface area (TPSA) is 78.3 Å². The zero-order chi connectivity index (χ0) is 18.8. The molecule has 26 heavy (non-hydrogen) atoms. The van der Waals surface area contributed by atoms with E-state index in [1.807, 2.05) is 13.8 Å². The van der Waals surface area contributed by atoms with Crippen LogP contribution in [0.3, 0.4) is 0 Å². The smallest absolute Gasteiger partial charge is 0.359 e. The van der Waals surface area contributed by atoms with E-state index in [4.69, 9.17) is 4.74 Å². The highest BCUT2D eigenvalue weighted by atomic mass is 32.1. The first-order valence-corrected chi connectivity index (χ1v) is 9.01. The number of hydrogen-bond acceptors (Lipinski definition) is 6. The van der Waals surface area contributed by atoms with Crippen LogP contribution in [0.4, 0.5) is 0 Å². The average Bonchev–Trinajstić information content (AvgIpc) is 2.98. The number of aryl methyl sites for hydroxylation is 3. The molecule has 0 spiro atoms. The second-order valence-corrected chi connectivity index (χ2v) is 7.30. The number of aromatic nitrogens is 2. The number of hydrogen-bond donors (Lipinski definition) is 0. The molecule has 0 atom stereocenters. The Balaban J connectivity index is 1.88. The number of Topliss-reactive ketones (excluding diaryl/α,β-unsaturated/α-hetero) is 1. The molecule has 0 aliphatic heterocycles. The Hall–Kier alpha value is -2.80. The van der Waals surface area contributed by atoms with E-state index in [1.165, 1.54) is 16.0 Å². The first-order chi connectivity index (χ1) is 12.4. The van der Waals surface area contributed by atoms with Crippen LogP contribution in [0.25, 0.3) is 10.8 Å². The minimum atomic E-state index is -0.721. The molecule has 2 heterocycles. The molecule has 3 aromatic rings. The molecule has 6 nitrogen and oxygen atoms in total. The summed E-state index contributed by atoms with van der Waals surface area (Å²) in [6.07, 6.45) is 0. The van der Waals surface area contributed by atoms with Crippen LogP contribution in [0, 0.1) is 13.8 Å². The summed E-state index contributed by atoms with van der Waals surface area (Å²) in [6.45, 7) is 5.51. The Morgan fingerprint density at radius 2 is 1.88 bits per heavy atom. The van der Waals surface area contributed by atoms with E-state index < -0.39 is 5.97 Å². The Kier molecular flexibility index (Phi) is 4.99. The van der Waals surface area contributed by atoms with E-state index in [-0.39, 0.29) is 23.6 Å². The standard InChI is InChI=1S/C19H18N2O4S/c1-4-21-18(23)14-8-6-5-7-13(14)17(20-21)19(24)25-10-16(22)15-9-11(2)26-12(15)3/h5-9H,4,10H2,1-3H3. The van der Waals surface area contributed by atoms with Crippen LogP contribution in [0.5, 0.6) is 0 Å². The van der Waals surface area contributed by atoms with Gasteiger partial charge in [0.25, 0.3) is 5.56 Å². The lowest BCUT2D eigenvalue weighted by atomic mass is 10.1. The van der Waals surface area contributed by atoms with Crippen molar-refractivity contribution in [3.8, 4) is 0 Å². The molecule has 0 radical (unpaired) electrons. The summed E-state index contributed by atoms with van der Waals surface area (Å²) >= 11 is 1.52. The fourth-order valence-electron chi connectivity index (χ4n) is 2.79. The van der Waals surface area contributed by atoms with E-state index in [9.17, 15) is 14.4 Å². The maximum Gasteiger partial charge on any atom is 0.359 e. The number of carbonyl (C=O) groups is 2. The van der Waals surface area contributed by atoms with Crippen molar-refractivity contribution in [1.29, 1.82) is 0 Å². The second kappa shape index (κ2) is 7.21. The van der Waals surface area contributed by atoms with E-state index in [1.54, 1.807) is 37.3 Å². The van der Waals surface area contributed by atoms with Crippen molar-refractivity contribution in [2.24, 2.45) is 0 Å². The minimum Gasteiger partial charge on any atom is -0.452 e. The van der Waals surface area contributed by atoms with Gasteiger partial charge in [-0.2, -0.15) is 5.10 Å². The number of ketones is 1. The van der Waals surface area contributed by atoms with Gasteiger partial charge in [0.2, 0.25) is 5.78 Å². The maximum absolute atomic E-state index is 12.5. The summed E-state index contributed by atoms with van der Waals surface area (Å²) in [5, 5.41) is 4.93. The van der Waals surface area contributed by atoms with Crippen molar-refractivity contribution < 1.29 is 14.3 Å². The van der Waals surface area contributed by atoms with Gasteiger partial charge >= 0.3 is 5.97 Å². The van der Waals surface area contributed by atoms with Crippen LogP contribution in [0.2, 0.25) is 0 Å². The monoisotopic (exact) mass is 370 g/mol. The van der Waals surface area contributed by atoms with Crippen LogP contribution in [-0.4, -0.2) is 28.1 Å². The van der Waals surface area contributed by atoms with Crippen LogP contribution < -0.4 is 5.56 Å². The molecule has 0 fully saturated rings. The van der Waals surface area contributed by atoms with E-state index in [0.717, 1.165) is 9.75 Å². The van der Waals surface area contributed by atoms with Crippen molar-refractivity contribution in [2.75, 3.05) is 6.61 Å². The van der Waals surface area contributed by atoms with Gasteiger partial charge < -0.3 is 4.74 Å². The third-order valence-electron chi connectivity index (χ3n) is 4.04. The third kappa shape index (κ3) is 3.30. The van der Waals surface area contributed by atoms with Gasteiger partial charge in [-0.05, 0) is 32.9 Å². The van der Waals surface area contributed by atoms with Crippen LogP contribution in [0.15, 0.2) is 35.1 Å². The molecule has 2 aromatic heterocycles. The largest absolute Gasteiger partial charge is 0.452 e. The number of thiophene rings is 1.